The molecule has 13 rings (SSSR count). The summed E-state index contributed by atoms with van der Waals surface area (Å²) < 4.78 is 55.0. The van der Waals surface area contributed by atoms with E-state index in [1.807, 2.05) is 49.3 Å². The zero-order chi connectivity index (χ0) is 91.0. The van der Waals surface area contributed by atoms with E-state index in [0.717, 1.165) is 51.4 Å². The Labute approximate surface area is 749 Å². The Bertz CT molecular complexity index is 5250. The first-order valence-corrected chi connectivity index (χ1v) is 51.1. The second-order valence-corrected chi connectivity index (χ2v) is 44.6. The van der Waals surface area contributed by atoms with E-state index >= 15 is 9.59 Å². The quantitative estimate of drug-likeness (QED) is 0.00560. The summed E-state index contributed by atoms with van der Waals surface area (Å²) in [6, 6.07) is 16.3. The largest absolute Gasteiger partial charge is 0.496 e. The number of H-pyrrole nitrogens is 2. The SMILES string of the molecule is CCC[C@H]1C[C@](C(=O)OC)(c2cc3c(cc2OC)N(C)[C@H]2[C@@](O)(C(=O)NCCC[Si](C)(C)O[Si](C)(C)CSc4ncc(Cn5cc(COCCOCCOCCOCCOCCOCCNC(=O)CC[C@H](NC(=O)c6ccc(NCc7cnc8nc(N)[nH]c(=O)c8n7)cc6)C(=O)O)nn5)cn4)[C@H](O)[C@]4(CC)C=CCN5CC[C@]32[C@@H]54)c2[nH]c3ccccc3c2CCN1CO. The molecule has 2 fully saturated rings. The smallest absolute Gasteiger partial charge is 0.326 e. The average Bonchev–Trinajstić information content (AvgIpc) is 1.47. The van der Waals surface area contributed by atoms with Crippen molar-refractivity contribution in [1.82, 2.24) is 75.6 Å². The molecule has 40 heteroatoms. The standard InChI is InChI=1S/C88H122N18O19SSi2/c1-10-16-62-47-87(82(115)118-5,73-64(25-31-105(62)55-107)63-17-12-13-18-67(63)97-73)66-45-65-69(46-70(66)117-4)103(3)79-86(65)27-32-104-30-14-26-85(11-2,78(86)104)80(113)88(79,116)81(114)91-28-15-44-127(6,7)125-128(8,9)56-126-84-94-48-57(49-95-84)52-106-53-61(101-102-106)54-124-43-42-123-41-40-122-39-38-121-37-36-120-35-34-119-33-29-90-71(108)24-23-68(77(111)112)98-75(109)58-19-21-59(22-20-58)92-50-60-51-93-74-72(96-60)76(110)100-83(89)99-74/h12-14,17-22,26,45-46,48-49,51,53,62,68,78-80,92,97,107,113,116H,10-11,15-16,23-25,27-44,47,50,52,54-56H2,1-9H3,(H,90,108)(H,91,114)(H,98,109)(H,111,112)(H3,89,93,99,100,110)/t62-,68-,78-,79+,80+,85+,86+,87-,88-/m0/s1. The van der Waals surface area contributed by atoms with Crippen molar-refractivity contribution in [1.29, 1.82) is 0 Å². The van der Waals surface area contributed by atoms with Crippen LogP contribution in [0.3, 0.4) is 0 Å². The molecule has 8 aromatic rings. The number of anilines is 3. The molecule has 0 unspecified atom stereocenters. The first-order valence-electron chi connectivity index (χ1n) is 43.9. The Hall–Kier alpha value is -9.77. The molecule has 0 bridgehead atoms. The fraction of sp³-hybridized carbons (Fsp3) is 0.557. The molecule has 3 aromatic carbocycles. The zero-order valence-corrected chi connectivity index (χ0v) is 77.2. The van der Waals surface area contributed by atoms with Crippen LogP contribution in [0.4, 0.5) is 17.3 Å². The van der Waals surface area contributed by atoms with Crippen molar-refractivity contribution in [3.05, 3.63) is 153 Å². The molecule has 3 amide bonds. The minimum absolute atomic E-state index is 0.0435. The number of carboxylic acid groups (broad SMARTS) is 1. The third kappa shape index (κ3) is 21.3. The number of hydrogen-bond acceptors (Lipinski definition) is 31. The number of fused-ring (bicyclic) bond motifs is 5. The van der Waals surface area contributed by atoms with Crippen LogP contribution in [0.2, 0.25) is 32.2 Å². The summed E-state index contributed by atoms with van der Waals surface area (Å²) >= 11 is 1.57. The molecule has 692 valence electrons. The summed E-state index contributed by atoms with van der Waals surface area (Å²) in [6.45, 7) is 19.7. The van der Waals surface area contributed by atoms with Crippen LogP contribution in [-0.4, -0.2) is 301 Å². The number of para-hydroxylation sites is 1. The molecule has 1 spiro atoms. The Morgan fingerprint density at radius 3 is 2.19 bits per heavy atom. The number of likely N-dealkylation sites (N-methyl/N-ethyl adjacent to an activating group) is 1. The van der Waals surface area contributed by atoms with Gasteiger partial charge in [0, 0.05) is 131 Å². The number of esters is 1. The van der Waals surface area contributed by atoms with Crippen molar-refractivity contribution in [3.8, 4) is 5.75 Å². The van der Waals surface area contributed by atoms with E-state index in [0.29, 0.717) is 157 Å². The lowest BCUT2D eigenvalue weighted by atomic mass is 9.47. The number of aliphatic hydroxyl groups is 3. The van der Waals surface area contributed by atoms with E-state index in [-0.39, 0.29) is 100 Å². The van der Waals surface area contributed by atoms with Gasteiger partial charge >= 0.3 is 11.9 Å². The van der Waals surface area contributed by atoms with Gasteiger partial charge in [-0.3, -0.25) is 38.8 Å². The van der Waals surface area contributed by atoms with E-state index in [9.17, 15) is 39.6 Å². The zero-order valence-electron chi connectivity index (χ0n) is 74.4. The maximum atomic E-state index is 15.6. The van der Waals surface area contributed by atoms with Gasteiger partial charge in [-0.15, -0.1) is 5.10 Å². The molecule has 1 saturated heterocycles. The molecule has 5 aromatic heterocycles. The number of carbonyl (C=O) groups excluding carboxylic acids is 4. The van der Waals surface area contributed by atoms with Crippen molar-refractivity contribution in [2.45, 2.75) is 175 Å². The Kier molecular flexibility index (Phi) is 32.1. The predicted octanol–water partition coefficient (Wildman–Crippen LogP) is 5.50. The van der Waals surface area contributed by atoms with Gasteiger partial charge in [0.1, 0.15) is 29.0 Å². The van der Waals surface area contributed by atoms with Crippen LogP contribution in [0.5, 0.6) is 5.75 Å². The van der Waals surface area contributed by atoms with Gasteiger partial charge in [-0.1, -0.05) is 67.6 Å². The lowest BCUT2D eigenvalue weighted by Crippen LogP contribution is -2.81. The number of thioether (sulfide) groups is 1. The van der Waals surface area contributed by atoms with Gasteiger partial charge < -0.3 is 99.3 Å². The van der Waals surface area contributed by atoms with Crippen LogP contribution in [0.1, 0.15) is 115 Å². The third-order valence-electron chi connectivity index (χ3n) is 25.1. The van der Waals surface area contributed by atoms with Crippen LogP contribution in [0.15, 0.2) is 108 Å². The monoisotopic (exact) mass is 1820 g/mol. The third-order valence-corrected chi connectivity index (χ3v) is 34.9. The normalized spacial score (nSPS) is 21.7. The predicted molar refractivity (Wildman–Crippen MR) is 483 cm³/mol. The van der Waals surface area contributed by atoms with Crippen LogP contribution in [-0.2, 0) is 93.4 Å². The number of nitrogens with zero attached hydrogens (tertiary/aromatic N) is 11. The highest BCUT2D eigenvalue weighted by Crippen LogP contribution is 2.68. The van der Waals surface area contributed by atoms with Crippen molar-refractivity contribution >= 4 is 97.4 Å². The minimum Gasteiger partial charge on any atom is -0.496 e. The van der Waals surface area contributed by atoms with Gasteiger partial charge in [-0.2, -0.15) is 4.98 Å². The highest BCUT2D eigenvalue weighted by atomic mass is 32.2. The second-order valence-electron chi connectivity index (χ2n) is 34.5. The summed E-state index contributed by atoms with van der Waals surface area (Å²) in [5, 5.41) is 70.2. The first kappa shape index (κ1) is 95.8. The number of ether oxygens (including phenoxy) is 8. The van der Waals surface area contributed by atoms with E-state index < -0.39 is 91.9 Å². The Morgan fingerprint density at radius 2 is 1.51 bits per heavy atom. The molecule has 1 aliphatic carbocycles. The molecule has 5 aliphatic rings. The maximum Gasteiger partial charge on any atom is 0.326 e. The lowest BCUT2D eigenvalue weighted by molar-refractivity contribution is -0.203. The number of nitrogens with one attached hydrogen (secondary N) is 6. The Morgan fingerprint density at radius 1 is 0.805 bits per heavy atom. The number of methoxy groups -OCH3 is 2. The fourth-order valence-corrected chi connectivity index (χ4v) is 29.8. The van der Waals surface area contributed by atoms with Crippen LogP contribution >= 0.6 is 11.8 Å². The summed E-state index contributed by atoms with van der Waals surface area (Å²) in [6.07, 6.45) is 13.1. The minimum atomic E-state index is -2.35. The number of carboxylic acids is 1. The van der Waals surface area contributed by atoms with Gasteiger partial charge in [-0.25, -0.2) is 29.4 Å². The van der Waals surface area contributed by atoms with E-state index in [1.165, 1.54) is 25.4 Å². The van der Waals surface area contributed by atoms with Gasteiger partial charge in [-0.05, 0) is 131 Å². The number of carbonyl (C=O) groups is 5. The first-order chi connectivity index (χ1) is 61.7. The number of aromatic nitrogens is 10. The molecule has 9 heterocycles. The topological polar surface area (TPSA) is 477 Å². The lowest BCUT2D eigenvalue weighted by Gasteiger charge is -2.63. The van der Waals surface area contributed by atoms with Gasteiger partial charge in [0.15, 0.2) is 38.6 Å². The molecule has 37 nitrogen and oxygen atoms in total. The van der Waals surface area contributed by atoms with Crippen molar-refractivity contribution in [2.75, 3.05) is 155 Å². The summed E-state index contributed by atoms with van der Waals surface area (Å²) in [5.41, 5.74) is 7.02. The maximum absolute atomic E-state index is 15.6. The van der Waals surface area contributed by atoms with Crippen molar-refractivity contribution in [2.24, 2.45) is 5.41 Å². The fourth-order valence-electron chi connectivity index (χ4n) is 19.5. The summed E-state index contributed by atoms with van der Waals surface area (Å²) in [5.74, 6) is -3.03. The van der Waals surface area contributed by atoms with Crippen LogP contribution < -0.4 is 42.2 Å². The van der Waals surface area contributed by atoms with Gasteiger partial charge in [0.25, 0.3) is 17.4 Å². The van der Waals surface area contributed by atoms with Gasteiger partial charge in [0.2, 0.25) is 11.9 Å². The molecule has 1 saturated carbocycles. The number of aromatic amines is 2. The van der Waals surface area contributed by atoms with Crippen molar-refractivity contribution < 1.29 is 86.4 Å². The highest BCUT2D eigenvalue weighted by Gasteiger charge is 2.79. The van der Waals surface area contributed by atoms with E-state index in [1.54, 1.807) is 48.1 Å². The van der Waals surface area contributed by atoms with Crippen molar-refractivity contribution in [3.63, 3.8) is 0 Å². The number of amides is 3. The highest BCUT2D eigenvalue weighted by molar-refractivity contribution is 8.00. The number of nitrogen functional groups attached to an aromatic ring is 1. The molecular formula is C88H122N18O19SSi2. The number of benzene rings is 3. The second kappa shape index (κ2) is 42.9. The summed E-state index contributed by atoms with van der Waals surface area (Å²) in [7, 11) is 0.274. The van der Waals surface area contributed by atoms with E-state index in [2.05, 4.69) is 134 Å². The number of rotatable bonds is 48. The number of aliphatic carboxylic acids is 1. The number of aliphatic hydroxyl groups excluding tert-OH is 2. The average molecular weight is 1820 g/mol. The molecule has 4 aliphatic heterocycles. The Balaban J connectivity index is 0.480. The van der Waals surface area contributed by atoms with Crippen LogP contribution in [0.25, 0.3) is 22.1 Å². The van der Waals surface area contributed by atoms with Crippen LogP contribution in [0, 0.1) is 5.41 Å². The number of hydrogen-bond donors (Lipinski definition) is 11. The molecule has 128 heavy (non-hydrogen) atoms. The molecule has 0 radical (unpaired) electrons. The van der Waals surface area contributed by atoms with E-state index in [4.69, 9.17) is 47.7 Å². The summed E-state index contributed by atoms with van der Waals surface area (Å²) in [4.78, 5) is 115. The molecular weight excluding hydrogens is 1700 g/mol. The number of nitrogens with two attached hydrogens (primary N) is 1. The van der Waals surface area contributed by atoms with Gasteiger partial charge in [0.05, 0.1) is 137 Å². The molecule has 9 atom stereocenters. The molecule has 12 N–H and O–H groups in total.